The van der Waals surface area contributed by atoms with Gasteiger partial charge in [0, 0.05) is 15.6 Å². The molecule has 0 bridgehead atoms. The highest BCUT2D eigenvalue weighted by molar-refractivity contribution is 6.35. The van der Waals surface area contributed by atoms with E-state index in [0.717, 1.165) is 0 Å². The molecule has 0 saturated carbocycles. The lowest BCUT2D eigenvalue weighted by Crippen LogP contribution is -2.10. The second-order valence-corrected chi connectivity index (χ2v) is 2.94. The van der Waals surface area contributed by atoms with Crippen LogP contribution in [0.4, 0.5) is 0 Å². The first kappa shape index (κ1) is 8.37. The van der Waals surface area contributed by atoms with Gasteiger partial charge in [0.1, 0.15) is 5.84 Å². The molecule has 0 aliphatic heterocycles. The maximum Gasteiger partial charge on any atom is 0.122 e. The standard InChI is InChI=1S/C7H6Cl2N2/c8-5-1-4(7(10)11)2-6(9)3-5/h1-3H,(H3,10,11). The van der Waals surface area contributed by atoms with Crippen molar-refractivity contribution in [3.05, 3.63) is 33.8 Å². The Labute approximate surface area is 74.4 Å². The van der Waals surface area contributed by atoms with E-state index in [1.807, 2.05) is 0 Å². The summed E-state index contributed by atoms with van der Waals surface area (Å²) in [5.41, 5.74) is 5.76. The maximum atomic E-state index is 7.09. The molecule has 1 aromatic rings. The van der Waals surface area contributed by atoms with Gasteiger partial charge in [-0.3, -0.25) is 5.41 Å². The number of hydrogen-bond donors (Lipinski definition) is 2. The molecule has 0 heterocycles. The Morgan fingerprint density at radius 2 is 1.64 bits per heavy atom. The van der Waals surface area contributed by atoms with Crippen LogP contribution in [0.1, 0.15) is 5.56 Å². The summed E-state index contributed by atoms with van der Waals surface area (Å²) < 4.78 is 0. The van der Waals surface area contributed by atoms with Gasteiger partial charge in [-0.1, -0.05) is 23.2 Å². The van der Waals surface area contributed by atoms with Gasteiger partial charge in [0.05, 0.1) is 0 Å². The van der Waals surface area contributed by atoms with Crippen molar-refractivity contribution in [3.63, 3.8) is 0 Å². The lowest BCUT2D eigenvalue weighted by atomic mass is 10.2. The van der Waals surface area contributed by atoms with E-state index in [2.05, 4.69) is 0 Å². The van der Waals surface area contributed by atoms with Crippen LogP contribution in [-0.4, -0.2) is 5.84 Å². The lowest BCUT2D eigenvalue weighted by molar-refractivity contribution is 1.42. The van der Waals surface area contributed by atoms with E-state index < -0.39 is 0 Å². The Bertz CT molecular complexity index is 276. The molecule has 0 unspecified atom stereocenters. The molecule has 0 amide bonds. The molecule has 0 aliphatic rings. The van der Waals surface area contributed by atoms with Crippen LogP contribution in [0.25, 0.3) is 0 Å². The predicted octanol–water partition coefficient (Wildman–Crippen LogP) is 2.28. The molecule has 0 saturated heterocycles. The van der Waals surface area contributed by atoms with Gasteiger partial charge in [-0.25, -0.2) is 0 Å². The minimum atomic E-state index is -0.0330. The summed E-state index contributed by atoms with van der Waals surface area (Å²) in [4.78, 5) is 0. The fraction of sp³-hybridized carbons (Fsp3) is 0. The van der Waals surface area contributed by atoms with E-state index in [4.69, 9.17) is 34.3 Å². The van der Waals surface area contributed by atoms with Crippen molar-refractivity contribution < 1.29 is 0 Å². The number of halogens is 2. The molecule has 1 aromatic carbocycles. The Morgan fingerprint density at radius 3 is 2.00 bits per heavy atom. The number of hydrogen-bond acceptors (Lipinski definition) is 1. The number of nitrogen functional groups attached to an aromatic ring is 1. The van der Waals surface area contributed by atoms with Crippen molar-refractivity contribution in [1.29, 1.82) is 5.41 Å². The third-order valence-electron chi connectivity index (χ3n) is 1.17. The quantitative estimate of drug-likeness (QED) is 0.516. The van der Waals surface area contributed by atoms with E-state index in [1.165, 1.54) is 0 Å². The van der Waals surface area contributed by atoms with Crippen molar-refractivity contribution in [1.82, 2.24) is 0 Å². The normalized spacial score (nSPS) is 9.64. The molecule has 0 spiro atoms. The zero-order chi connectivity index (χ0) is 8.43. The highest BCUT2D eigenvalue weighted by Crippen LogP contribution is 2.18. The maximum absolute atomic E-state index is 7.09. The van der Waals surface area contributed by atoms with Gasteiger partial charge in [0.15, 0.2) is 0 Å². The Morgan fingerprint density at radius 1 is 1.18 bits per heavy atom. The molecule has 11 heavy (non-hydrogen) atoms. The fourth-order valence-electron chi connectivity index (χ4n) is 0.709. The van der Waals surface area contributed by atoms with Crippen LogP contribution >= 0.6 is 23.2 Å². The van der Waals surface area contributed by atoms with Crippen LogP contribution in [0.3, 0.4) is 0 Å². The Kier molecular flexibility index (Phi) is 2.37. The van der Waals surface area contributed by atoms with Crippen LogP contribution in [0.5, 0.6) is 0 Å². The summed E-state index contributed by atoms with van der Waals surface area (Å²) in [6.45, 7) is 0. The molecule has 0 radical (unpaired) electrons. The highest BCUT2D eigenvalue weighted by atomic mass is 35.5. The zero-order valence-corrected chi connectivity index (χ0v) is 7.08. The van der Waals surface area contributed by atoms with Crippen molar-refractivity contribution >= 4 is 29.0 Å². The van der Waals surface area contributed by atoms with Crippen LogP contribution in [0.2, 0.25) is 10.0 Å². The number of nitrogens with one attached hydrogen (secondary N) is 1. The number of benzene rings is 1. The number of rotatable bonds is 1. The van der Waals surface area contributed by atoms with Crippen molar-refractivity contribution in [2.45, 2.75) is 0 Å². The monoisotopic (exact) mass is 188 g/mol. The Balaban J connectivity index is 3.19. The van der Waals surface area contributed by atoms with E-state index in [9.17, 15) is 0 Å². The lowest BCUT2D eigenvalue weighted by Gasteiger charge is -1.98. The second-order valence-electron chi connectivity index (χ2n) is 2.07. The van der Waals surface area contributed by atoms with Crippen LogP contribution in [0.15, 0.2) is 18.2 Å². The predicted molar refractivity (Wildman–Crippen MR) is 47.5 cm³/mol. The molecule has 2 nitrogen and oxygen atoms in total. The van der Waals surface area contributed by atoms with Crippen molar-refractivity contribution in [3.8, 4) is 0 Å². The Hall–Kier alpha value is -0.730. The molecule has 1 rings (SSSR count). The van der Waals surface area contributed by atoms with Crippen LogP contribution in [-0.2, 0) is 0 Å². The molecule has 0 aliphatic carbocycles. The van der Waals surface area contributed by atoms with Gasteiger partial charge < -0.3 is 5.73 Å². The summed E-state index contributed by atoms with van der Waals surface area (Å²) in [5, 5.41) is 8.07. The van der Waals surface area contributed by atoms with Gasteiger partial charge in [-0.05, 0) is 18.2 Å². The number of nitrogens with two attached hydrogens (primary N) is 1. The van der Waals surface area contributed by atoms with Gasteiger partial charge in [-0.2, -0.15) is 0 Å². The summed E-state index contributed by atoms with van der Waals surface area (Å²) >= 11 is 11.3. The molecule has 0 fully saturated rings. The molecule has 0 aromatic heterocycles. The van der Waals surface area contributed by atoms with Crippen LogP contribution in [0, 0.1) is 5.41 Å². The van der Waals surface area contributed by atoms with E-state index in [1.54, 1.807) is 18.2 Å². The molecular weight excluding hydrogens is 183 g/mol. The third kappa shape index (κ3) is 2.10. The first-order chi connectivity index (χ1) is 5.09. The van der Waals surface area contributed by atoms with Gasteiger partial charge >= 0.3 is 0 Å². The third-order valence-corrected chi connectivity index (χ3v) is 1.61. The average molecular weight is 189 g/mol. The first-order valence-corrected chi connectivity index (χ1v) is 3.65. The highest BCUT2D eigenvalue weighted by Gasteiger charge is 1.99. The molecule has 3 N–H and O–H groups in total. The van der Waals surface area contributed by atoms with Gasteiger partial charge in [0.25, 0.3) is 0 Å². The molecule has 4 heteroatoms. The first-order valence-electron chi connectivity index (χ1n) is 2.90. The molecule has 58 valence electrons. The van der Waals surface area contributed by atoms with E-state index in [0.29, 0.717) is 15.6 Å². The summed E-state index contributed by atoms with van der Waals surface area (Å²) in [5.74, 6) is -0.0330. The van der Waals surface area contributed by atoms with Crippen molar-refractivity contribution in [2.24, 2.45) is 5.73 Å². The largest absolute Gasteiger partial charge is 0.384 e. The summed E-state index contributed by atoms with van der Waals surface area (Å²) in [6, 6.07) is 4.78. The zero-order valence-electron chi connectivity index (χ0n) is 5.57. The minimum absolute atomic E-state index is 0.0330. The van der Waals surface area contributed by atoms with Gasteiger partial charge in [-0.15, -0.1) is 0 Å². The minimum Gasteiger partial charge on any atom is -0.384 e. The topological polar surface area (TPSA) is 49.9 Å². The molecular formula is C7H6Cl2N2. The van der Waals surface area contributed by atoms with E-state index >= 15 is 0 Å². The molecule has 0 atom stereocenters. The summed E-state index contributed by atoms with van der Waals surface area (Å²) in [6.07, 6.45) is 0. The fourth-order valence-corrected chi connectivity index (χ4v) is 1.24. The van der Waals surface area contributed by atoms with Crippen LogP contribution < -0.4 is 5.73 Å². The second kappa shape index (κ2) is 3.11. The summed E-state index contributed by atoms with van der Waals surface area (Å²) in [7, 11) is 0. The smallest absolute Gasteiger partial charge is 0.122 e. The van der Waals surface area contributed by atoms with E-state index in [-0.39, 0.29) is 5.84 Å². The average Bonchev–Trinajstić information content (AvgIpc) is 1.85. The van der Waals surface area contributed by atoms with Gasteiger partial charge in [0.2, 0.25) is 0 Å². The van der Waals surface area contributed by atoms with Crippen molar-refractivity contribution in [2.75, 3.05) is 0 Å². The number of amidine groups is 1. The SMILES string of the molecule is N=C(N)c1cc(Cl)cc(Cl)c1.